The van der Waals surface area contributed by atoms with Crippen molar-refractivity contribution in [2.75, 3.05) is 0 Å². The van der Waals surface area contributed by atoms with E-state index in [4.69, 9.17) is 4.74 Å². The highest BCUT2D eigenvalue weighted by Crippen LogP contribution is 2.62. The molecule has 0 N–H and O–H groups in total. The van der Waals surface area contributed by atoms with E-state index in [9.17, 15) is 0 Å². The van der Waals surface area contributed by atoms with Crippen LogP contribution in [0.3, 0.4) is 0 Å². The van der Waals surface area contributed by atoms with E-state index < -0.39 is 5.41 Å². The highest BCUT2D eigenvalue weighted by atomic mass is 32.1. The number of hydrogen-bond acceptors (Lipinski definition) is 2. The summed E-state index contributed by atoms with van der Waals surface area (Å²) in [5.74, 6) is 1.80. The van der Waals surface area contributed by atoms with Crippen LogP contribution in [0, 0.1) is 0 Å². The van der Waals surface area contributed by atoms with Crippen molar-refractivity contribution >= 4 is 53.1 Å². The number of benzene rings is 10. The Balaban J connectivity index is 0.959. The normalized spacial score (nSPS) is 15.3. The van der Waals surface area contributed by atoms with E-state index in [2.05, 4.69) is 194 Å². The van der Waals surface area contributed by atoms with Gasteiger partial charge in [0.15, 0.2) is 0 Å². The van der Waals surface area contributed by atoms with Crippen LogP contribution in [0.25, 0.3) is 97.4 Å². The quantitative estimate of drug-likeness (QED) is 0.170. The predicted octanol–water partition coefficient (Wildman–Crippen LogP) is 15.8. The first-order valence-corrected chi connectivity index (χ1v) is 21.2. The van der Waals surface area contributed by atoms with Gasteiger partial charge in [0, 0.05) is 31.1 Å². The van der Waals surface area contributed by atoms with E-state index in [0.29, 0.717) is 0 Å². The lowest BCUT2D eigenvalue weighted by Gasteiger charge is -2.40. The zero-order valence-corrected chi connectivity index (χ0v) is 32.6. The van der Waals surface area contributed by atoms with Crippen molar-refractivity contribution in [3.8, 4) is 67.1 Å². The van der Waals surface area contributed by atoms with Crippen molar-refractivity contribution in [2.24, 2.45) is 0 Å². The third-order valence-corrected chi connectivity index (χ3v) is 14.6. The molecule has 59 heavy (non-hydrogen) atoms. The molecular weight excluding hydrogens is 733 g/mol. The molecule has 0 amide bonds. The third kappa shape index (κ3) is 4.09. The zero-order valence-electron chi connectivity index (χ0n) is 31.8. The average Bonchev–Trinajstić information content (AvgIpc) is 3.81. The SMILES string of the molecule is c1ccc2c(c1)-c1ccc(-c3ccc4c(c3)-c3cccc5c(-c6ccc7sc8ccccc8c7c6)ccc(c35)O4)cc1C21c2ccccc2-c2cccc3cccc1c23. The maximum Gasteiger partial charge on any atom is 0.135 e. The lowest BCUT2D eigenvalue weighted by atomic mass is 9.61. The first-order valence-electron chi connectivity index (χ1n) is 20.4. The fourth-order valence-electron chi connectivity index (χ4n) is 11.1. The van der Waals surface area contributed by atoms with Crippen molar-refractivity contribution in [3.05, 3.63) is 216 Å². The molecule has 272 valence electrons. The summed E-state index contributed by atoms with van der Waals surface area (Å²) in [6.07, 6.45) is 0. The molecule has 1 nitrogen and oxygen atoms in total. The number of thiophene rings is 1. The second kappa shape index (κ2) is 11.4. The van der Waals surface area contributed by atoms with Gasteiger partial charge in [-0.1, -0.05) is 152 Å². The second-order valence-electron chi connectivity index (χ2n) is 16.3. The first-order chi connectivity index (χ1) is 29.2. The molecule has 1 aromatic heterocycles. The Morgan fingerprint density at radius 1 is 0.322 bits per heavy atom. The van der Waals surface area contributed by atoms with Crippen LogP contribution < -0.4 is 4.74 Å². The maximum absolute atomic E-state index is 6.76. The first kappa shape index (κ1) is 31.8. The van der Waals surface area contributed by atoms with E-state index in [0.717, 1.165) is 17.1 Å². The molecule has 0 bridgehead atoms. The summed E-state index contributed by atoms with van der Waals surface area (Å²) in [7, 11) is 0. The van der Waals surface area contributed by atoms with Crippen molar-refractivity contribution in [1.82, 2.24) is 0 Å². The molecule has 2 aliphatic carbocycles. The molecule has 2 heterocycles. The smallest absolute Gasteiger partial charge is 0.135 e. The summed E-state index contributed by atoms with van der Waals surface area (Å²) in [5, 5.41) is 7.63. The summed E-state index contributed by atoms with van der Waals surface area (Å²) >= 11 is 1.86. The molecule has 1 aliphatic heterocycles. The molecule has 14 rings (SSSR count). The predicted molar refractivity (Wildman–Crippen MR) is 247 cm³/mol. The van der Waals surface area contributed by atoms with Gasteiger partial charge >= 0.3 is 0 Å². The lowest BCUT2D eigenvalue weighted by Crippen LogP contribution is -2.31. The molecule has 3 aliphatic rings. The fraction of sp³-hybridized carbons (Fsp3) is 0.0175. The molecule has 1 atom stereocenters. The summed E-state index contributed by atoms with van der Waals surface area (Å²) < 4.78 is 9.40. The Hall–Kier alpha value is -7.26. The highest BCUT2D eigenvalue weighted by Gasteiger charge is 2.50. The standard InChI is InChI=1S/C57H32OS/c1-4-18-47-38(12-1)40-25-22-35(32-50(40)57(47)48-19-5-2-13-39(48)43-15-7-10-33-11-8-20-49(57)55(33)43)34-23-27-51-45(30-34)44-17-9-16-42-37(26-28-52(58-51)56(42)44)36-24-29-54-46(31-36)41-14-3-6-21-53(41)59-54/h1-32H. The fourth-order valence-corrected chi connectivity index (χ4v) is 12.2. The zero-order chi connectivity index (χ0) is 38.4. The Labute approximate surface area is 345 Å². The van der Waals surface area contributed by atoms with Crippen LogP contribution in [-0.4, -0.2) is 0 Å². The average molecular weight is 765 g/mol. The Morgan fingerprint density at radius 3 is 1.80 bits per heavy atom. The molecule has 0 saturated heterocycles. The number of hydrogen-bond donors (Lipinski definition) is 0. The van der Waals surface area contributed by atoms with Gasteiger partial charge in [0.25, 0.3) is 0 Å². The van der Waals surface area contributed by atoms with E-state index in [-0.39, 0.29) is 0 Å². The lowest BCUT2D eigenvalue weighted by molar-refractivity contribution is 0.487. The van der Waals surface area contributed by atoms with Gasteiger partial charge in [-0.3, -0.25) is 0 Å². The second-order valence-corrected chi connectivity index (χ2v) is 17.4. The number of ether oxygens (including phenoxy) is 1. The number of fused-ring (bicyclic) bond motifs is 14. The summed E-state index contributed by atoms with van der Waals surface area (Å²) in [6.45, 7) is 0. The van der Waals surface area contributed by atoms with Crippen LogP contribution >= 0.6 is 11.3 Å². The monoisotopic (exact) mass is 764 g/mol. The molecular formula is C57H32OS. The molecule has 0 radical (unpaired) electrons. The minimum absolute atomic E-state index is 0.455. The van der Waals surface area contributed by atoms with Gasteiger partial charge in [-0.2, -0.15) is 0 Å². The minimum Gasteiger partial charge on any atom is -0.456 e. The Bertz CT molecular complexity index is 3660. The van der Waals surface area contributed by atoms with Crippen molar-refractivity contribution in [2.45, 2.75) is 5.41 Å². The van der Waals surface area contributed by atoms with Crippen LogP contribution in [0.1, 0.15) is 22.3 Å². The minimum atomic E-state index is -0.455. The molecule has 1 unspecified atom stereocenters. The summed E-state index contributed by atoms with van der Waals surface area (Å²) in [4.78, 5) is 0. The maximum atomic E-state index is 6.76. The van der Waals surface area contributed by atoms with E-state index in [1.807, 2.05) is 11.3 Å². The van der Waals surface area contributed by atoms with E-state index in [1.54, 1.807) is 0 Å². The Morgan fingerprint density at radius 2 is 0.915 bits per heavy atom. The van der Waals surface area contributed by atoms with Crippen molar-refractivity contribution < 1.29 is 4.74 Å². The van der Waals surface area contributed by atoms with E-state index >= 15 is 0 Å². The van der Waals surface area contributed by atoms with Crippen LogP contribution in [0.5, 0.6) is 11.5 Å². The van der Waals surface area contributed by atoms with Crippen LogP contribution in [0.4, 0.5) is 0 Å². The van der Waals surface area contributed by atoms with Gasteiger partial charge < -0.3 is 4.74 Å². The molecule has 1 spiro atoms. The number of rotatable bonds is 2. The van der Waals surface area contributed by atoms with Crippen molar-refractivity contribution in [3.63, 3.8) is 0 Å². The van der Waals surface area contributed by atoms with Gasteiger partial charge in [-0.05, 0) is 131 Å². The summed E-state index contributed by atoms with van der Waals surface area (Å²) in [5.41, 5.74) is 17.3. The Kier molecular flexibility index (Phi) is 6.16. The molecule has 0 saturated carbocycles. The third-order valence-electron chi connectivity index (χ3n) is 13.5. The van der Waals surface area contributed by atoms with Gasteiger partial charge in [0.2, 0.25) is 0 Å². The topological polar surface area (TPSA) is 9.23 Å². The van der Waals surface area contributed by atoms with Crippen LogP contribution in [-0.2, 0) is 5.41 Å². The van der Waals surface area contributed by atoms with Gasteiger partial charge in [-0.15, -0.1) is 11.3 Å². The van der Waals surface area contributed by atoms with Crippen LogP contribution in [0.15, 0.2) is 194 Å². The van der Waals surface area contributed by atoms with Crippen LogP contribution in [0.2, 0.25) is 0 Å². The molecule has 11 aromatic rings. The van der Waals surface area contributed by atoms with Gasteiger partial charge in [-0.25, -0.2) is 0 Å². The largest absolute Gasteiger partial charge is 0.456 e. The van der Waals surface area contributed by atoms with Gasteiger partial charge in [0.1, 0.15) is 11.5 Å². The van der Waals surface area contributed by atoms with Crippen molar-refractivity contribution in [1.29, 1.82) is 0 Å². The summed E-state index contributed by atoms with van der Waals surface area (Å²) in [6, 6.07) is 72.6. The van der Waals surface area contributed by atoms with E-state index in [1.165, 1.54) is 114 Å². The molecule has 0 fully saturated rings. The van der Waals surface area contributed by atoms with Gasteiger partial charge in [0.05, 0.1) is 5.41 Å². The highest BCUT2D eigenvalue weighted by molar-refractivity contribution is 7.25. The molecule has 10 aromatic carbocycles. The molecule has 2 heteroatoms.